The van der Waals surface area contributed by atoms with Crippen molar-refractivity contribution in [3.63, 3.8) is 0 Å². The van der Waals surface area contributed by atoms with Gasteiger partial charge in [0.15, 0.2) is 11.5 Å². The molecule has 1 aromatic carbocycles. The van der Waals surface area contributed by atoms with E-state index >= 15 is 0 Å². The molecule has 2 rings (SSSR count). The number of pyridine rings is 1. The maximum absolute atomic E-state index is 12.2. The van der Waals surface area contributed by atoms with E-state index < -0.39 is 0 Å². The maximum atomic E-state index is 12.2. The molecule has 0 bridgehead atoms. The molecule has 0 radical (unpaired) electrons. The number of rotatable bonds is 8. The van der Waals surface area contributed by atoms with Gasteiger partial charge in [-0.1, -0.05) is 26.3 Å². The number of aromatic nitrogens is 1. The van der Waals surface area contributed by atoms with Crippen molar-refractivity contribution >= 4 is 11.6 Å². The Hall–Kier alpha value is -2.56. The van der Waals surface area contributed by atoms with E-state index in [1.165, 1.54) is 0 Å². The predicted molar refractivity (Wildman–Crippen MR) is 94.3 cm³/mol. The Bertz CT molecular complexity index is 659. The summed E-state index contributed by atoms with van der Waals surface area (Å²) in [4.78, 5) is 16.2. The van der Waals surface area contributed by atoms with E-state index in [1.807, 2.05) is 25.1 Å². The normalized spacial score (nSPS) is 11.6. The highest BCUT2D eigenvalue weighted by molar-refractivity contribution is 5.92. The topological polar surface area (TPSA) is 60.5 Å². The Kier molecular flexibility index (Phi) is 6.61. The fourth-order valence-electron chi connectivity index (χ4n) is 2.34. The minimum Gasteiger partial charge on any atom is -0.493 e. The van der Waals surface area contributed by atoms with Gasteiger partial charge in [-0.2, -0.15) is 0 Å². The van der Waals surface area contributed by atoms with Crippen LogP contribution in [0.3, 0.4) is 0 Å². The molecule has 0 aliphatic rings. The van der Waals surface area contributed by atoms with Gasteiger partial charge in [-0.05, 0) is 24.6 Å². The summed E-state index contributed by atoms with van der Waals surface area (Å²) in [5, 5.41) is 2.93. The number of carbonyl (C=O) groups is 1. The van der Waals surface area contributed by atoms with Crippen LogP contribution in [0.4, 0.5) is 5.69 Å². The van der Waals surface area contributed by atoms with E-state index in [4.69, 9.17) is 9.47 Å². The van der Waals surface area contributed by atoms with Crippen LogP contribution >= 0.6 is 0 Å². The number of hydrogen-bond donors (Lipinski definition) is 1. The number of nitrogens with one attached hydrogen (secondary N) is 1. The van der Waals surface area contributed by atoms with Crippen LogP contribution in [0.5, 0.6) is 11.5 Å². The average molecular weight is 328 g/mol. The predicted octanol–water partition coefficient (Wildman–Crippen LogP) is 4.04. The van der Waals surface area contributed by atoms with Gasteiger partial charge in [-0.25, -0.2) is 0 Å². The highest BCUT2D eigenvalue weighted by Crippen LogP contribution is 2.31. The van der Waals surface area contributed by atoms with Crippen molar-refractivity contribution < 1.29 is 14.3 Å². The van der Waals surface area contributed by atoms with Gasteiger partial charge in [-0.3, -0.25) is 9.78 Å². The summed E-state index contributed by atoms with van der Waals surface area (Å²) in [5.41, 5.74) is 1.66. The molecular weight excluding hydrogens is 304 g/mol. The second kappa shape index (κ2) is 8.91. The van der Waals surface area contributed by atoms with Gasteiger partial charge in [0.25, 0.3) is 0 Å². The Morgan fingerprint density at radius 1 is 1.29 bits per heavy atom. The van der Waals surface area contributed by atoms with Gasteiger partial charge in [0.2, 0.25) is 5.91 Å². The van der Waals surface area contributed by atoms with Crippen LogP contribution < -0.4 is 14.8 Å². The van der Waals surface area contributed by atoms with Crippen molar-refractivity contribution in [3.05, 3.63) is 48.3 Å². The number of nitrogens with zero attached hydrogens (tertiary/aromatic N) is 1. The molecule has 0 saturated heterocycles. The zero-order valence-corrected chi connectivity index (χ0v) is 14.4. The van der Waals surface area contributed by atoms with Crippen molar-refractivity contribution in [2.24, 2.45) is 5.92 Å². The number of anilines is 1. The SMILES string of the molecule is CCC[C@H](C)C(=O)Nc1ccc(OC)c(OCc2cccnc2)c1. The summed E-state index contributed by atoms with van der Waals surface area (Å²) >= 11 is 0. The average Bonchev–Trinajstić information content (AvgIpc) is 2.61. The van der Waals surface area contributed by atoms with Gasteiger partial charge in [0.05, 0.1) is 7.11 Å². The Morgan fingerprint density at radius 3 is 2.79 bits per heavy atom. The van der Waals surface area contributed by atoms with Crippen molar-refractivity contribution in [1.82, 2.24) is 4.98 Å². The highest BCUT2D eigenvalue weighted by Gasteiger charge is 2.13. The molecule has 0 saturated carbocycles. The summed E-state index contributed by atoms with van der Waals surface area (Å²) < 4.78 is 11.2. The first-order valence-corrected chi connectivity index (χ1v) is 8.14. The fraction of sp³-hybridized carbons (Fsp3) is 0.368. The molecule has 1 aromatic heterocycles. The van der Waals surface area contributed by atoms with Gasteiger partial charge in [0, 0.05) is 35.6 Å². The zero-order chi connectivity index (χ0) is 17.4. The van der Waals surface area contributed by atoms with E-state index in [0.717, 1.165) is 18.4 Å². The van der Waals surface area contributed by atoms with Gasteiger partial charge in [0.1, 0.15) is 6.61 Å². The largest absolute Gasteiger partial charge is 0.493 e. The fourth-order valence-corrected chi connectivity index (χ4v) is 2.34. The molecule has 0 aliphatic carbocycles. The lowest BCUT2D eigenvalue weighted by molar-refractivity contribution is -0.119. The minimum atomic E-state index is -0.0168. The van der Waals surface area contributed by atoms with Crippen LogP contribution in [0.25, 0.3) is 0 Å². The molecule has 0 spiro atoms. The van der Waals surface area contributed by atoms with Gasteiger partial charge in [-0.15, -0.1) is 0 Å². The number of amides is 1. The number of benzene rings is 1. The molecule has 0 unspecified atom stereocenters. The Balaban J connectivity index is 2.08. The smallest absolute Gasteiger partial charge is 0.227 e. The van der Waals surface area contributed by atoms with Crippen molar-refractivity contribution in [2.45, 2.75) is 33.3 Å². The third-order valence-corrected chi connectivity index (χ3v) is 3.72. The third kappa shape index (κ3) is 4.98. The standard InChI is InChI=1S/C19H24N2O3/c1-4-6-14(2)19(22)21-16-8-9-17(23-3)18(11-16)24-13-15-7-5-10-20-12-15/h5,7-12,14H,4,6,13H2,1-3H3,(H,21,22)/t14-/m0/s1. The van der Waals surface area contributed by atoms with E-state index in [1.54, 1.807) is 31.6 Å². The van der Waals surface area contributed by atoms with Crippen LogP contribution in [0.2, 0.25) is 0 Å². The molecule has 0 fully saturated rings. The van der Waals surface area contributed by atoms with Crippen LogP contribution in [0.1, 0.15) is 32.3 Å². The van der Waals surface area contributed by atoms with E-state index in [9.17, 15) is 4.79 Å². The molecule has 1 amide bonds. The number of methoxy groups -OCH3 is 1. The molecule has 2 aromatic rings. The lowest BCUT2D eigenvalue weighted by atomic mass is 10.1. The summed E-state index contributed by atoms with van der Waals surface area (Å²) in [6.07, 6.45) is 5.32. The van der Waals surface area contributed by atoms with Crippen molar-refractivity contribution in [3.8, 4) is 11.5 Å². The molecular formula is C19H24N2O3. The summed E-state index contributed by atoms with van der Waals surface area (Å²) in [6, 6.07) is 9.19. The number of hydrogen-bond acceptors (Lipinski definition) is 4. The zero-order valence-electron chi connectivity index (χ0n) is 14.4. The van der Waals surface area contributed by atoms with Gasteiger partial charge < -0.3 is 14.8 Å². The molecule has 5 heteroatoms. The second-order valence-electron chi connectivity index (χ2n) is 5.69. The molecule has 1 N–H and O–H groups in total. The van der Waals surface area contributed by atoms with Crippen molar-refractivity contribution in [2.75, 3.05) is 12.4 Å². The molecule has 128 valence electrons. The minimum absolute atomic E-state index is 0.0141. The van der Waals surface area contributed by atoms with Crippen molar-refractivity contribution in [1.29, 1.82) is 0 Å². The molecule has 1 atom stereocenters. The van der Waals surface area contributed by atoms with E-state index in [0.29, 0.717) is 23.8 Å². The first kappa shape index (κ1) is 17.8. The van der Waals surface area contributed by atoms with E-state index in [-0.39, 0.29) is 11.8 Å². The van der Waals surface area contributed by atoms with E-state index in [2.05, 4.69) is 17.2 Å². The first-order valence-electron chi connectivity index (χ1n) is 8.14. The Morgan fingerprint density at radius 2 is 2.12 bits per heavy atom. The monoisotopic (exact) mass is 328 g/mol. The Labute approximate surface area is 143 Å². The van der Waals surface area contributed by atoms with Crippen LogP contribution in [0.15, 0.2) is 42.7 Å². The molecule has 5 nitrogen and oxygen atoms in total. The second-order valence-corrected chi connectivity index (χ2v) is 5.69. The highest BCUT2D eigenvalue weighted by atomic mass is 16.5. The lowest BCUT2D eigenvalue weighted by Gasteiger charge is -2.14. The first-order chi connectivity index (χ1) is 11.6. The number of ether oxygens (including phenoxy) is 2. The lowest BCUT2D eigenvalue weighted by Crippen LogP contribution is -2.20. The van der Waals surface area contributed by atoms with Crippen LogP contribution in [-0.2, 0) is 11.4 Å². The molecule has 24 heavy (non-hydrogen) atoms. The third-order valence-electron chi connectivity index (χ3n) is 3.72. The van der Waals surface area contributed by atoms with Gasteiger partial charge >= 0.3 is 0 Å². The van der Waals surface area contributed by atoms with Crippen LogP contribution in [0, 0.1) is 5.92 Å². The quantitative estimate of drug-likeness (QED) is 0.794. The van der Waals surface area contributed by atoms with Crippen LogP contribution in [-0.4, -0.2) is 18.0 Å². The maximum Gasteiger partial charge on any atom is 0.227 e. The number of carbonyl (C=O) groups excluding carboxylic acids is 1. The summed E-state index contributed by atoms with van der Waals surface area (Å²) in [5.74, 6) is 1.21. The molecule has 0 aliphatic heterocycles. The molecule has 1 heterocycles. The summed E-state index contributed by atoms with van der Waals surface area (Å²) in [6.45, 7) is 4.39. The summed E-state index contributed by atoms with van der Waals surface area (Å²) in [7, 11) is 1.59.